The van der Waals surface area contributed by atoms with Crippen LogP contribution in [0.2, 0.25) is 0 Å². The van der Waals surface area contributed by atoms with Crippen LogP contribution in [-0.2, 0) is 11.8 Å². The molecular weight excluding hydrogens is 348 g/mol. The minimum absolute atomic E-state index is 0.119. The highest BCUT2D eigenvalue weighted by atomic mass is 32.2. The number of hydrogen-bond donors (Lipinski definition) is 0. The third-order valence-electron chi connectivity index (χ3n) is 4.18. The SMILES string of the molecule is COc1ccc(-c2nnc(S[C@@H](C)C(=O)N(C(C)C)C(C)C)n2C)cc1. The highest BCUT2D eigenvalue weighted by Gasteiger charge is 2.27. The molecule has 6 nitrogen and oxygen atoms in total. The van der Waals surface area contributed by atoms with E-state index < -0.39 is 0 Å². The average Bonchev–Trinajstić information content (AvgIpc) is 2.95. The molecule has 0 radical (unpaired) electrons. The zero-order chi connectivity index (χ0) is 19.4. The van der Waals surface area contributed by atoms with Gasteiger partial charge in [-0.2, -0.15) is 0 Å². The first-order valence-corrected chi connectivity index (χ1v) is 9.66. The van der Waals surface area contributed by atoms with Crippen LogP contribution in [-0.4, -0.2) is 50.0 Å². The van der Waals surface area contributed by atoms with Gasteiger partial charge in [0.15, 0.2) is 11.0 Å². The van der Waals surface area contributed by atoms with Crippen LogP contribution in [0.1, 0.15) is 34.6 Å². The van der Waals surface area contributed by atoms with E-state index in [2.05, 4.69) is 10.2 Å². The van der Waals surface area contributed by atoms with Crippen LogP contribution >= 0.6 is 11.8 Å². The van der Waals surface area contributed by atoms with Crippen molar-refractivity contribution < 1.29 is 9.53 Å². The molecule has 1 aromatic heterocycles. The van der Waals surface area contributed by atoms with Crippen LogP contribution in [0, 0.1) is 0 Å². The number of carbonyl (C=O) groups excluding carboxylic acids is 1. The number of rotatable bonds is 7. The third kappa shape index (κ3) is 4.38. The summed E-state index contributed by atoms with van der Waals surface area (Å²) in [5.74, 6) is 1.68. The lowest BCUT2D eigenvalue weighted by Gasteiger charge is -2.32. The molecule has 142 valence electrons. The molecule has 0 fully saturated rings. The van der Waals surface area contributed by atoms with Gasteiger partial charge in [-0.1, -0.05) is 11.8 Å². The Morgan fingerprint density at radius 3 is 2.15 bits per heavy atom. The molecule has 7 heteroatoms. The second-order valence-corrected chi connectivity index (χ2v) is 8.09. The molecule has 1 aromatic carbocycles. The highest BCUT2D eigenvalue weighted by Crippen LogP contribution is 2.28. The number of hydrogen-bond acceptors (Lipinski definition) is 5. The number of ether oxygens (including phenoxy) is 1. The number of aromatic nitrogens is 3. The largest absolute Gasteiger partial charge is 0.497 e. The molecule has 26 heavy (non-hydrogen) atoms. The summed E-state index contributed by atoms with van der Waals surface area (Å²) in [6, 6.07) is 8.02. The van der Waals surface area contributed by atoms with Gasteiger partial charge in [0.2, 0.25) is 5.91 Å². The summed E-state index contributed by atoms with van der Waals surface area (Å²) in [6.07, 6.45) is 0. The van der Waals surface area contributed by atoms with Crippen LogP contribution in [0.4, 0.5) is 0 Å². The summed E-state index contributed by atoms with van der Waals surface area (Å²) in [5, 5.41) is 9.07. The van der Waals surface area contributed by atoms with Crippen molar-refractivity contribution in [1.29, 1.82) is 0 Å². The number of thioether (sulfide) groups is 1. The van der Waals surface area contributed by atoms with Crippen molar-refractivity contribution >= 4 is 17.7 Å². The highest BCUT2D eigenvalue weighted by molar-refractivity contribution is 8.00. The number of nitrogens with zero attached hydrogens (tertiary/aromatic N) is 4. The Kier molecular flexibility index (Phi) is 6.69. The lowest BCUT2D eigenvalue weighted by molar-refractivity contribution is -0.133. The fraction of sp³-hybridized carbons (Fsp3) is 0.526. The van der Waals surface area contributed by atoms with E-state index in [4.69, 9.17) is 4.74 Å². The molecule has 0 unspecified atom stereocenters. The lowest BCUT2D eigenvalue weighted by atomic mass is 10.2. The first-order chi connectivity index (χ1) is 12.3. The van der Waals surface area contributed by atoms with Gasteiger partial charge in [0.05, 0.1) is 12.4 Å². The minimum Gasteiger partial charge on any atom is -0.497 e. The van der Waals surface area contributed by atoms with E-state index in [1.165, 1.54) is 11.8 Å². The summed E-state index contributed by atoms with van der Waals surface area (Å²) < 4.78 is 7.11. The molecule has 0 bridgehead atoms. The monoisotopic (exact) mass is 376 g/mol. The molecule has 0 spiro atoms. The maximum Gasteiger partial charge on any atom is 0.236 e. The number of methoxy groups -OCH3 is 1. The summed E-state index contributed by atoms with van der Waals surface area (Å²) >= 11 is 1.44. The normalized spacial score (nSPS) is 12.5. The quantitative estimate of drug-likeness (QED) is 0.691. The Morgan fingerprint density at radius 2 is 1.65 bits per heavy atom. The number of carbonyl (C=O) groups is 1. The zero-order valence-corrected chi connectivity index (χ0v) is 17.4. The molecule has 0 saturated carbocycles. The molecule has 0 aliphatic rings. The van der Waals surface area contributed by atoms with E-state index in [1.54, 1.807) is 7.11 Å². The fourth-order valence-electron chi connectivity index (χ4n) is 2.93. The molecule has 1 atom stereocenters. The standard InChI is InChI=1S/C19H28N4O2S/c1-12(2)23(13(3)4)18(24)14(5)26-19-21-20-17(22(19)6)15-8-10-16(25-7)11-9-15/h8-14H,1-7H3/t14-/m0/s1. The van der Waals surface area contributed by atoms with Crippen molar-refractivity contribution in [3.63, 3.8) is 0 Å². The second kappa shape index (κ2) is 8.58. The van der Waals surface area contributed by atoms with Gasteiger partial charge in [-0.15, -0.1) is 10.2 Å². The molecule has 1 heterocycles. The van der Waals surface area contributed by atoms with Crippen LogP contribution < -0.4 is 4.74 Å². The first kappa shape index (κ1) is 20.3. The molecule has 2 rings (SSSR count). The van der Waals surface area contributed by atoms with Crippen LogP contribution in [0.25, 0.3) is 11.4 Å². The Balaban J connectivity index is 2.17. The minimum atomic E-state index is -0.230. The van der Waals surface area contributed by atoms with E-state index >= 15 is 0 Å². The van der Waals surface area contributed by atoms with Gasteiger partial charge in [-0.25, -0.2) is 0 Å². The van der Waals surface area contributed by atoms with E-state index in [-0.39, 0.29) is 23.2 Å². The molecule has 0 saturated heterocycles. The van der Waals surface area contributed by atoms with Crippen molar-refractivity contribution in [2.75, 3.05) is 7.11 Å². The van der Waals surface area contributed by atoms with E-state index in [9.17, 15) is 4.79 Å². The van der Waals surface area contributed by atoms with Crippen LogP contribution in [0.3, 0.4) is 0 Å². The predicted molar refractivity (Wildman–Crippen MR) is 105 cm³/mol. The Labute approximate surface area is 159 Å². The summed E-state index contributed by atoms with van der Waals surface area (Å²) in [7, 11) is 3.56. The van der Waals surface area contributed by atoms with Crippen molar-refractivity contribution in [3.8, 4) is 17.1 Å². The van der Waals surface area contributed by atoms with Crippen molar-refractivity contribution in [2.45, 2.75) is 57.1 Å². The Bertz CT molecular complexity index is 732. The average molecular weight is 377 g/mol. The molecule has 0 aliphatic carbocycles. The number of benzene rings is 1. The summed E-state index contributed by atoms with van der Waals surface area (Å²) in [4.78, 5) is 14.7. The Morgan fingerprint density at radius 1 is 1.08 bits per heavy atom. The maximum atomic E-state index is 12.8. The third-order valence-corrected chi connectivity index (χ3v) is 5.30. The van der Waals surface area contributed by atoms with E-state index in [0.29, 0.717) is 0 Å². The lowest BCUT2D eigenvalue weighted by Crippen LogP contribution is -2.45. The van der Waals surface area contributed by atoms with Crippen molar-refractivity contribution in [2.24, 2.45) is 7.05 Å². The van der Waals surface area contributed by atoms with Gasteiger partial charge in [0, 0.05) is 24.7 Å². The van der Waals surface area contributed by atoms with E-state index in [0.717, 1.165) is 22.3 Å². The van der Waals surface area contributed by atoms with Crippen LogP contribution in [0.5, 0.6) is 5.75 Å². The van der Waals surface area contributed by atoms with Gasteiger partial charge in [0.25, 0.3) is 0 Å². The zero-order valence-electron chi connectivity index (χ0n) is 16.6. The van der Waals surface area contributed by atoms with Gasteiger partial charge in [-0.3, -0.25) is 4.79 Å². The summed E-state index contributed by atoms with van der Waals surface area (Å²) in [5.41, 5.74) is 0.956. The maximum absolute atomic E-state index is 12.8. The molecule has 1 amide bonds. The predicted octanol–water partition coefficient (Wildman–Crippen LogP) is 3.62. The van der Waals surface area contributed by atoms with Crippen molar-refractivity contribution in [3.05, 3.63) is 24.3 Å². The smallest absolute Gasteiger partial charge is 0.236 e. The Hall–Kier alpha value is -2.02. The summed E-state index contributed by atoms with van der Waals surface area (Å²) in [6.45, 7) is 10.1. The topological polar surface area (TPSA) is 60.3 Å². The van der Waals surface area contributed by atoms with Gasteiger partial charge in [-0.05, 0) is 58.9 Å². The molecule has 0 N–H and O–H groups in total. The number of amides is 1. The molecular formula is C19H28N4O2S. The van der Waals surface area contributed by atoms with Gasteiger partial charge >= 0.3 is 0 Å². The van der Waals surface area contributed by atoms with E-state index in [1.807, 2.05) is 75.4 Å². The second-order valence-electron chi connectivity index (χ2n) is 6.79. The van der Waals surface area contributed by atoms with Crippen molar-refractivity contribution in [1.82, 2.24) is 19.7 Å². The molecule has 2 aromatic rings. The molecule has 0 aliphatic heterocycles. The fourth-order valence-corrected chi connectivity index (χ4v) is 3.80. The van der Waals surface area contributed by atoms with Gasteiger partial charge < -0.3 is 14.2 Å². The van der Waals surface area contributed by atoms with Crippen LogP contribution in [0.15, 0.2) is 29.4 Å². The van der Waals surface area contributed by atoms with Gasteiger partial charge in [0.1, 0.15) is 5.75 Å². The first-order valence-electron chi connectivity index (χ1n) is 8.78.